The molecule has 0 unspecified atom stereocenters. The van der Waals surface area contributed by atoms with Gasteiger partial charge in [-0.2, -0.15) is 0 Å². The summed E-state index contributed by atoms with van der Waals surface area (Å²) in [6, 6.07) is 0. The molecule has 0 aliphatic rings. The van der Waals surface area contributed by atoms with Crippen molar-refractivity contribution < 1.29 is 52.1 Å². The molecule has 9 heteroatoms. The molecule has 0 aromatic rings. The van der Waals surface area contributed by atoms with Gasteiger partial charge in [-0.25, -0.2) is 8.42 Å². The number of rotatable bonds is 0. The molecule has 0 aliphatic heterocycles. The van der Waals surface area contributed by atoms with Crippen molar-refractivity contribution >= 4 is 10.5 Å². The third-order valence-corrected chi connectivity index (χ3v) is 0. The fourth-order valence-electron chi connectivity index (χ4n) is 0. The molecule has 6 nitrogen and oxygen atoms in total. The second-order valence-electron chi connectivity index (χ2n) is 0.393. The molecule has 0 saturated heterocycles. The Balaban J connectivity index is -0.0000000133. The van der Waals surface area contributed by atoms with Crippen molar-refractivity contribution in [2.45, 2.75) is 0 Å². The molecule has 9 heavy (non-hydrogen) atoms. The summed E-state index contributed by atoms with van der Waals surface area (Å²) in [6.07, 6.45) is 0. The SMILES string of the molecule is O.O.O.O=S(=O)([O-])F.[Li+]. The van der Waals surface area contributed by atoms with Crippen LogP contribution in [0.15, 0.2) is 0 Å². The minimum Gasteiger partial charge on any atom is -0.722 e. The maximum atomic E-state index is 10.1. The Labute approximate surface area is 63.2 Å². The van der Waals surface area contributed by atoms with Gasteiger partial charge in [0.2, 0.25) is 0 Å². The van der Waals surface area contributed by atoms with E-state index in [-0.39, 0.29) is 35.3 Å². The first-order chi connectivity index (χ1) is 2.00. The van der Waals surface area contributed by atoms with Crippen LogP contribution in [0.5, 0.6) is 0 Å². The Kier molecular flexibility index (Phi) is 42.9. The summed E-state index contributed by atoms with van der Waals surface area (Å²) in [6.45, 7) is 0. The molecule has 0 spiro atoms. The van der Waals surface area contributed by atoms with Crippen LogP contribution in [0.25, 0.3) is 0 Å². The Morgan fingerprint density at radius 3 is 1.11 bits per heavy atom. The van der Waals surface area contributed by atoms with Crippen LogP contribution < -0.4 is 18.9 Å². The monoisotopic (exact) mass is 160 g/mol. The Bertz CT molecular complexity index is 96.2. The number of hydrogen-bond acceptors (Lipinski definition) is 3. The summed E-state index contributed by atoms with van der Waals surface area (Å²) in [5, 5.41) is 0. The zero-order valence-corrected chi connectivity index (χ0v) is 5.33. The first-order valence-corrected chi connectivity index (χ1v) is 1.96. The first-order valence-electron chi connectivity index (χ1n) is 0.654. The largest absolute Gasteiger partial charge is 1.00 e. The van der Waals surface area contributed by atoms with Crippen LogP contribution >= 0.6 is 0 Å². The van der Waals surface area contributed by atoms with Gasteiger partial charge in [-0.3, -0.25) is 0 Å². The van der Waals surface area contributed by atoms with E-state index in [1.54, 1.807) is 0 Å². The second kappa shape index (κ2) is 11.2. The van der Waals surface area contributed by atoms with Crippen molar-refractivity contribution in [2.75, 3.05) is 0 Å². The van der Waals surface area contributed by atoms with Gasteiger partial charge in [0.25, 0.3) is 10.5 Å². The quantitative estimate of drug-likeness (QED) is 0.197. The van der Waals surface area contributed by atoms with E-state index in [9.17, 15) is 3.89 Å². The Hall–Kier alpha value is 0.317. The third-order valence-electron chi connectivity index (χ3n) is 0. The summed E-state index contributed by atoms with van der Waals surface area (Å²) in [5.74, 6) is 0. The molecule has 0 atom stereocenters. The van der Waals surface area contributed by atoms with E-state index in [0.29, 0.717) is 0 Å². The predicted octanol–water partition coefficient (Wildman–Crippen LogP) is -6.05. The molecule has 0 rings (SSSR count). The van der Waals surface area contributed by atoms with Gasteiger partial charge >= 0.3 is 18.9 Å². The van der Waals surface area contributed by atoms with Crippen molar-refractivity contribution in [3.05, 3.63) is 0 Å². The van der Waals surface area contributed by atoms with Crippen molar-refractivity contribution in [1.82, 2.24) is 0 Å². The molecule has 0 amide bonds. The molecule has 0 radical (unpaired) electrons. The molecule has 0 saturated carbocycles. The summed E-state index contributed by atoms with van der Waals surface area (Å²) in [5.41, 5.74) is 0. The van der Waals surface area contributed by atoms with E-state index in [0.717, 1.165) is 0 Å². The normalized spacial score (nSPS) is 6.44. The van der Waals surface area contributed by atoms with Crippen LogP contribution in [0.2, 0.25) is 0 Å². The molecule has 0 aromatic heterocycles. The summed E-state index contributed by atoms with van der Waals surface area (Å²) in [7, 11) is -5.42. The van der Waals surface area contributed by atoms with Crippen molar-refractivity contribution in [2.24, 2.45) is 0 Å². The van der Waals surface area contributed by atoms with Gasteiger partial charge in [0.15, 0.2) is 0 Å². The predicted molar refractivity (Wildman–Crippen MR) is 21.6 cm³/mol. The molecule has 6 N–H and O–H groups in total. The molecular weight excluding hydrogens is 154 g/mol. The fraction of sp³-hybridized carbons (Fsp3) is 0. The molecule has 56 valence electrons. The van der Waals surface area contributed by atoms with E-state index in [4.69, 9.17) is 13.0 Å². The summed E-state index contributed by atoms with van der Waals surface area (Å²) in [4.78, 5) is 0. The van der Waals surface area contributed by atoms with Gasteiger partial charge in [0.05, 0.1) is 0 Å². The maximum absolute atomic E-state index is 10.1. The average Bonchev–Trinajstić information content (AvgIpc) is 0.722. The van der Waals surface area contributed by atoms with Gasteiger partial charge in [0.1, 0.15) is 0 Å². The maximum Gasteiger partial charge on any atom is 1.00 e. The Morgan fingerprint density at radius 2 is 1.11 bits per heavy atom. The molecule has 0 bridgehead atoms. The fourth-order valence-corrected chi connectivity index (χ4v) is 0. The van der Waals surface area contributed by atoms with Gasteiger partial charge in [-0.15, -0.1) is 3.89 Å². The van der Waals surface area contributed by atoms with Gasteiger partial charge < -0.3 is 21.0 Å². The van der Waals surface area contributed by atoms with Crippen molar-refractivity contribution in [3.8, 4) is 0 Å². The van der Waals surface area contributed by atoms with Gasteiger partial charge in [-0.1, -0.05) is 0 Å². The van der Waals surface area contributed by atoms with Crippen LogP contribution in [0.1, 0.15) is 0 Å². The van der Waals surface area contributed by atoms with Crippen molar-refractivity contribution in [3.63, 3.8) is 0 Å². The average molecular weight is 160 g/mol. The molecule has 0 aliphatic carbocycles. The van der Waals surface area contributed by atoms with E-state index in [1.165, 1.54) is 0 Å². The van der Waals surface area contributed by atoms with Gasteiger partial charge in [-0.05, 0) is 0 Å². The standard InChI is InChI=1S/FHO3S.Li.3H2O/c1-5(2,3)4;;;;/h(H,2,3,4);;3*1H2/q;+1;;;/p-1. The van der Waals surface area contributed by atoms with E-state index >= 15 is 0 Å². The molecule has 0 fully saturated rings. The van der Waals surface area contributed by atoms with Crippen molar-refractivity contribution in [1.29, 1.82) is 0 Å². The topological polar surface area (TPSA) is 152 Å². The number of hydrogen-bond donors (Lipinski definition) is 0. The second-order valence-corrected chi connectivity index (χ2v) is 1.18. The van der Waals surface area contributed by atoms with Crippen LogP contribution in [-0.4, -0.2) is 29.4 Å². The number of halogens is 1. The molecule has 0 heterocycles. The Morgan fingerprint density at radius 1 is 1.11 bits per heavy atom. The summed E-state index contributed by atoms with van der Waals surface area (Å²) >= 11 is 0. The van der Waals surface area contributed by atoms with E-state index in [2.05, 4.69) is 0 Å². The van der Waals surface area contributed by atoms with Crippen LogP contribution in [0.4, 0.5) is 3.89 Å². The van der Waals surface area contributed by atoms with Gasteiger partial charge in [0, 0.05) is 0 Å². The minimum atomic E-state index is -5.42. The minimum absolute atomic E-state index is 0. The molecule has 0 aromatic carbocycles. The summed E-state index contributed by atoms with van der Waals surface area (Å²) < 4.78 is 35.3. The van der Waals surface area contributed by atoms with Crippen LogP contribution in [0.3, 0.4) is 0 Å². The molecular formula is H6FLiO6S. The van der Waals surface area contributed by atoms with Crippen LogP contribution in [0, 0.1) is 0 Å². The third kappa shape index (κ3) is 3290. The zero-order chi connectivity index (χ0) is 4.50. The smallest absolute Gasteiger partial charge is 0.722 e. The van der Waals surface area contributed by atoms with E-state index in [1.807, 2.05) is 0 Å². The first kappa shape index (κ1) is 34.6. The zero-order valence-electron chi connectivity index (χ0n) is 4.51. The van der Waals surface area contributed by atoms with Crippen LogP contribution in [-0.2, 0) is 10.5 Å². The van der Waals surface area contributed by atoms with E-state index < -0.39 is 10.5 Å².